The van der Waals surface area contributed by atoms with E-state index in [9.17, 15) is 0 Å². The highest BCUT2D eigenvalue weighted by molar-refractivity contribution is 8.00. The highest BCUT2D eigenvalue weighted by atomic mass is 32.2. The summed E-state index contributed by atoms with van der Waals surface area (Å²) in [5.41, 5.74) is 4.24. The molecule has 0 saturated carbocycles. The summed E-state index contributed by atoms with van der Waals surface area (Å²) < 4.78 is 5.46. The van der Waals surface area contributed by atoms with Gasteiger partial charge in [-0.1, -0.05) is 0 Å². The summed E-state index contributed by atoms with van der Waals surface area (Å²) in [5, 5.41) is 12.6. The molecule has 1 aliphatic heterocycles. The molecule has 1 saturated heterocycles. The first kappa shape index (κ1) is 16.4. The van der Waals surface area contributed by atoms with Crippen LogP contribution >= 0.6 is 11.8 Å². The van der Waals surface area contributed by atoms with Gasteiger partial charge in [0, 0.05) is 46.2 Å². The van der Waals surface area contributed by atoms with Crippen molar-refractivity contribution in [2.24, 2.45) is 0 Å². The number of thioether (sulfide) groups is 1. The Hall–Kier alpha value is -2.05. The lowest BCUT2D eigenvalue weighted by atomic mass is 10.2. The fourth-order valence-electron chi connectivity index (χ4n) is 3.03. The quantitative estimate of drug-likeness (QED) is 0.717. The van der Waals surface area contributed by atoms with Gasteiger partial charge in [0.25, 0.3) is 0 Å². The second-order valence-electron chi connectivity index (χ2n) is 6.41. The van der Waals surface area contributed by atoms with Gasteiger partial charge in [-0.05, 0) is 51.0 Å². The third-order valence-electron chi connectivity index (χ3n) is 4.69. The third kappa shape index (κ3) is 3.50. The Morgan fingerprint density at radius 1 is 1.20 bits per heavy atom. The summed E-state index contributed by atoms with van der Waals surface area (Å²) in [6, 6.07) is 8.52. The molecule has 3 heterocycles. The maximum absolute atomic E-state index is 5.46. The van der Waals surface area contributed by atoms with E-state index in [1.54, 1.807) is 0 Å². The monoisotopic (exact) mass is 354 g/mol. The summed E-state index contributed by atoms with van der Waals surface area (Å²) >= 11 is 1.94. The fourth-order valence-corrected chi connectivity index (χ4v) is 4.17. The molecule has 0 bridgehead atoms. The second-order valence-corrected chi connectivity index (χ2v) is 7.79. The number of rotatable bonds is 4. The topological polar surface area (TPSA) is 62.8 Å². The van der Waals surface area contributed by atoms with Gasteiger partial charge in [-0.2, -0.15) is 5.10 Å². The number of anilines is 2. The van der Waals surface area contributed by atoms with Crippen LogP contribution in [0.2, 0.25) is 0 Å². The van der Waals surface area contributed by atoms with Gasteiger partial charge in [0.1, 0.15) is 0 Å². The van der Waals surface area contributed by atoms with Crippen molar-refractivity contribution in [3.05, 3.63) is 41.7 Å². The summed E-state index contributed by atoms with van der Waals surface area (Å²) in [7, 11) is 0. The summed E-state index contributed by atoms with van der Waals surface area (Å²) in [6.07, 6.45) is 4.07. The number of fused-ring (bicyclic) bond motifs is 1. The Labute approximate surface area is 151 Å². The normalized spacial score (nSPS) is 15.6. The highest BCUT2D eigenvalue weighted by Crippen LogP contribution is 2.34. The van der Waals surface area contributed by atoms with Crippen LogP contribution in [0.5, 0.6) is 0 Å². The van der Waals surface area contributed by atoms with E-state index in [1.807, 2.05) is 30.9 Å². The highest BCUT2D eigenvalue weighted by Gasteiger charge is 2.16. The van der Waals surface area contributed by atoms with Gasteiger partial charge in [0.05, 0.1) is 11.2 Å². The van der Waals surface area contributed by atoms with Gasteiger partial charge in [-0.25, -0.2) is 0 Å². The molecular formula is C19H22N4OS. The Morgan fingerprint density at radius 2 is 2.04 bits per heavy atom. The number of aromatic nitrogens is 3. The number of benzene rings is 1. The number of H-pyrrole nitrogens is 1. The molecule has 0 spiro atoms. The van der Waals surface area contributed by atoms with Gasteiger partial charge in [-0.3, -0.25) is 10.1 Å². The lowest BCUT2D eigenvalue weighted by Gasteiger charge is -2.21. The number of nitrogens with one attached hydrogen (secondary N) is 2. The standard InChI is InChI=1S/C19H22N4OS/c1-12-13(2)22-23-19(12)21-18-5-8-20-17-4-3-15(11-16(17)18)25-14-6-9-24-10-7-14/h3-5,8,11,14H,6-7,9-10H2,1-2H3,(H2,20,21,22,23). The van der Waals surface area contributed by atoms with Gasteiger partial charge in [0.2, 0.25) is 0 Å². The minimum Gasteiger partial charge on any atom is -0.381 e. The zero-order valence-electron chi connectivity index (χ0n) is 14.5. The number of aryl methyl sites for hydroxylation is 1. The van der Waals surface area contributed by atoms with Gasteiger partial charge in [0.15, 0.2) is 5.82 Å². The number of hydrogen-bond acceptors (Lipinski definition) is 5. The van der Waals surface area contributed by atoms with Gasteiger partial charge >= 0.3 is 0 Å². The predicted molar refractivity (Wildman–Crippen MR) is 103 cm³/mol. The first-order chi connectivity index (χ1) is 12.2. The van der Waals surface area contributed by atoms with Crippen molar-refractivity contribution in [3.63, 3.8) is 0 Å². The maximum Gasteiger partial charge on any atom is 0.155 e. The largest absolute Gasteiger partial charge is 0.381 e. The van der Waals surface area contributed by atoms with Crippen LogP contribution in [0.3, 0.4) is 0 Å². The molecule has 2 N–H and O–H groups in total. The van der Waals surface area contributed by atoms with E-state index in [2.05, 4.69) is 45.6 Å². The van der Waals surface area contributed by atoms with Crippen molar-refractivity contribution in [2.75, 3.05) is 18.5 Å². The van der Waals surface area contributed by atoms with E-state index in [0.29, 0.717) is 5.25 Å². The molecule has 4 rings (SSSR count). The van der Waals surface area contributed by atoms with Crippen LogP contribution in [0, 0.1) is 13.8 Å². The molecule has 0 aliphatic carbocycles. The fraction of sp³-hybridized carbons (Fsp3) is 0.368. The molecule has 1 aromatic carbocycles. The Bertz CT molecular complexity index is 886. The minimum absolute atomic E-state index is 0.635. The van der Waals surface area contributed by atoms with E-state index in [0.717, 1.165) is 59.7 Å². The number of ether oxygens (including phenoxy) is 1. The summed E-state index contributed by atoms with van der Waals surface area (Å²) in [5.74, 6) is 0.868. The van der Waals surface area contributed by atoms with E-state index >= 15 is 0 Å². The second kappa shape index (κ2) is 7.06. The van der Waals surface area contributed by atoms with E-state index < -0.39 is 0 Å². The molecule has 0 amide bonds. The summed E-state index contributed by atoms with van der Waals surface area (Å²) in [4.78, 5) is 5.78. The lowest BCUT2D eigenvalue weighted by Crippen LogP contribution is -2.17. The minimum atomic E-state index is 0.635. The van der Waals surface area contributed by atoms with Crippen LogP contribution in [-0.4, -0.2) is 33.6 Å². The van der Waals surface area contributed by atoms with Crippen LogP contribution in [0.4, 0.5) is 11.5 Å². The third-order valence-corrected chi connectivity index (χ3v) is 6.02. The molecule has 6 heteroatoms. The molecular weight excluding hydrogens is 332 g/mol. The van der Waals surface area contributed by atoms with E-state index in [-0.39, 0.29) is 0 Å². The average molecular weight is 354 g/mol. The Morgan fingerprint density at radius 3 is 2.80 bits per heavy atom. The van der Waals surface area contributed by atoms with Crippen molar-refractivity contribution in [3.8, 4) is 0 Å². The molecule has 0 atom stereocenters. The maximum atomic E-state index is 5.46. The van der Waals surface area contributed by atoms with E-state index in [1.165, 1.54) is 4.90 Å². The zero-order chi connectivity index (χ0) is 17.2. The molecule has 130 valence electrons. The van der Waals surface area contributed by atoms with Crippen molar-refractivity contribution >= 4 is 34.2 Å². The molecule has 5 nitrogen and oxygen atoms in total. The van der Waals surface area contributed by atoms with Crippen molar-refractivity contribution < 1.29 is 4.74 Å². The lowest BCUT2D eigenvalue weighted by molar-refractivity contribution is 0.100. The van der Waals surface area contributed by atoms with Crippen LogP contribution in [0.1, 0.15) is 24.1 Å². The molecule has 3 aromatic rings. The number of nitrogens with zero attached hydrogens (tertiary/aromatic N) is 2. The first-order valence-electron chi connectivity index (χ1n) is 8.62. The van der Waals surface area contributed by atoms with Crippen molar-refractivity contribution in [1.82, 2.24) is 15.2 Å². The molecule has 25 heavy (non-hydrogen) atoms. The zero-order valence-corrected chi connectivity index (χ0v) is 15.3. The number of pyridine rings is 1. The predicted octanol–water partition coefficient (Wildman–Crippen LogP) is 4.59. The average Bonchev–Trinajstić information content (AvgIpc) is 2.95. The van der Waals surface area contributed by atoms with Crippen molar-refractivity contribution in [1.29, 1.82) is 0 Å². The molecule has 0 radical (unpaired) electrons. The van der Waals surface area contributed by atoms with Crippen LogP contribution < -0.4 is 5.32 Å². The van der Waals surface area contributed by atoms with Crippen LogP contribution in [-0.2, 0) is 4.74 Å². The van der Waals surface area contributed by atoms with Crippen molar-refractivity contribution in [2.45, 2.75) is 36.8 Å². The Balaban J connectivity index is 1.64. The van der Waals surface area contributed by atoms with Gasteiger partial charge < -0.3 is 10.1 Å². The first-order valence-corrected chi connectivity index (χ1v) is 9.50. The smallest absolute Gasteiger partial charge is 0.155 e. The SMILES string of the molecule is Cc1[nH]nc(Nc2ccnc3ccc(SC4CCOCC4)cc23)c1C. The van der Waals surface area contributed by atoms with Crippen LogP contribution in [0.25, 0.3) is 10.9 Å². The summed E-state index contributed by atoms with van der Waals surface area (Å²) in [6.45, 7) is 5.84. The Kier molecular flexibility index (Phi) is 4.63. The molecule has 1 aliphatic rings. The molecule has 1 fully saturated rings. The molecule has 2 aromatic heterocycles. The molecule has 0 unspecified atom stereocenters. The van der Waals surface area contributed by atoms with E-state index in [4.69, 9.17) is 4.74 Å². The number of hydrogen-bond donors (Lipinski definition) is 2. The van der Waals surface area contributed by atoms with Crippen LogP contribution in [0.15, 0.2) is 35.4 Å². The van der Waals surface area contributed by atoms with Gasteiger partial charge in [-0.15, -0.1) is 11.8 Å². The number of aromatic amines is 1.